The Balaban J connectivity index is 2.49. The third kappa shape index (κ3) is 4.75. The summed E-state index contributed by atoms with van der Waals surface area (Å²) in [7, 11) is 0. The number of halogens is 2. The summed E-state index contributed by atoms with van der Waals surface area (Å²) >= 11 is 11.5. The smallest absolute Gasteiger partial charge is 0.224 e. The number of nitrogens with one attached hydrogen (secondary N) is 1. The van der Waals surface area contributed by atoms with E-state index in [2.05, 4.69) is 12.2 Å². The molecule has 0 radical (unpaired) electrons. The van der Waals surface area contributed by atoms with Gasteiger partial charge in [-0.15, -0.1) is 0 Å². The van der Waals surface area contributed by atoms with Crippen LogP contribution in [0.15, 0.2) is 12.1 Å². The maximum atomic E-state index is 11.6. The maximum Gasteiger partial charge on any atom is 0.224 e. The first-order valence-corrected chi connectivity index (χ1v) is 6.78. The van der Waals surface area contributed by atoms with Crippen molar-refractivity contribution < 1.29 is 9.90 Å². The predicted octanol–water partition coefficient (Wildman–Crippen LogP) is 4.61. The number of unbranched alkanes of at least 4 members (excludes halogenated alkanes) is 3. The highest BCUT2D eigenvalue weighted by Crippen LogP contribution is 2.34. The summed E-state index contributed by atoms with van der Waals surface area (Å²) in [5.41, 5.74) is 0.503. The molecule has 0 aliphatic heterocycles. The molecule has 100 valence electrons. The van der Waals surface area contributed by atoms with Crippen molar-refractivity contribution in [3.63, 3.8) is 0 Å². The Morgan fingerprint density at radius 3 is 2.39 bits per heavy atom. The summed E-state index contributed by atoms with van der Waals surface area (Å²) in [4.78, 5) is 11.6. The fourth-order valence-electron chi connectivity index (χ4n) is 1.57. The molecule has 1 aromatic rings. The average Bonchev–Trinajstić information content (AvgIpc) is 2.31. The van der Waals surface area contributed by atoms with E-state index in [4.69, 9.17) is 23.2 Å². The van der Waals surface area contributed by atoms with Gasteiger partial charge in [0.2, 0.25) is 5.91 Å². The molecule has 18 heavy (non-hydrogen) atoms. The second kappa shape index (κ2) is 7.49. The summed E-state index contributed by atoms with van der Waals surface area (Å²) in [6.07, 6.45) is 4.70. The van der Waals surface area contributed by atoms with E-state index in [0.717, 1.165) is 25.7 Å². The Morgan fingerprint density at radius 2 is 1.83 bits per heavy atom. The largest absolute Gasteiger partial charge is 0.505 e. The van der Waals surface area contributed by atoms with Gasteiger partial charge in [-0.2, -0.15) is 0 Å². The van der Waals surface area contributed by atoms with Crippen LogP contribution in [0.4, 0.5) is 5.69 Å². The van der Waals surface area contributed by atoms with Crippen molar-refractivity contribution in [3.05, 3.63) is 22.2 Å². The highest BCUT2D eigenvalue weighted by atomic mass is 35.5. The van der Waals surface area contributed by atoms with Crippen molar-refractivity contribution >= 4 is 34.8 Å². The highest BCUT2D eigenvalue weighted by Gasteiger charge is 2.08. The molecule has 0 aromatic heterocycles. The summed E-state index contributed by atoms with van der Waals surface area (Å²) in [6.45, 7) is 2.13. The number of rotatable bonds is 6. The van der Waals surface area contributed by atoms with Crippen LogP contribution in [-0.4, -0.2) is 11.0 Å². The van der Waals surface area contributed by atoms with E-state index in [1.165, 1.54) is 12.1 Å². The van der Waals surface area contributed by atoms with E-state index in [0.29, 0.717) is 12.1 Å². The topological polar surface area (TPSA) is 49.3 Å². The molecule has 1 amide bonds. The van der Waals surface area contributed by atoms with E-state index >= 15 is 0 Å². The number of phenols is 1. The fraction of sp³-hybridized carbons (Fsp3) is 0.462. The number of anilines is 1. The van der Waals surface area contributed by atoms with Crippen molar-refractivity contribution in [3.8, 4) is 5.75 Å². The molecule has 0 saturated carbocycles. The minimum absolute atomic E-state index is 0.0658. The standard InChI is InChI=1S/C13H17Cl2NO2/c1-2-3-4-5-6-12(17)16-9-7-10(14)13(18)11(15)8-9/h7-8,18H,2-6H2,1H3,(H,16,17). The normalized spacial score (nSPS) is 10.4. The number of carbonyl (C=O) groups excluding carboxylic acids is 1. The lowest BCUT2D eigenvalue weighted by molar-refractivity contribution is -0.116. The molecule has 0 bridgehead atoms. The zero-order chi connectivity index (χ0) is 13.5. The SMILES string of the molecule is CCCCCCC(=O)Nc1cc(Cl)c(O)c(Cl)c1. The monoisotopic (exact) mass is 289 g/mol. The summed E-state index contributed by atoms with van der Waals surface area (Å²) in [5.74, 6) is -0.233. The van der Waals surface area contributed by atoms with Gasteiger partial charge in [-0.3, -0.25) is 4.79 Å². The highest BCUT2D eigenvalue weighted by molar-refractivity contribution is 6.37. The molecule has 0 atom stereocenters. The molecule has 0 aliphatic carbocycles. The second-order valence-corrected chi connectivity index (χ2v) is 4.96. The molecule has 0 heterocycles. The molecule has 0 saturated heterocycles. The molecule has 1 rings (SSSR count). The lowest BCUT2D eigenvalue weighted by Gasteiger charge is -2.07. The number of hydrogen-bond donors (Lipinski definition) is 2. The van der Waals surface area contributed by atoms with Gasteiger partial charge in [-0.25, -0.2) is 0 Å². The second-order valence-electron chi connectivity index (χ2n) is 4.15. The number of phenolic OH excluding ortho intramolecular Hbond substituents is 1. The van der Waals surface area contributed by atoms with Crippen LogP contribution in [0, 0.1) is 0 Å². The zero-order valence-corrected chi connectivity index (χ0v) is 11.8. The van der Waals surface area contributed by atoms with E-state index in [9.17, 15) is 9.90 Å². The third-order valence-corrected chi connectivity index (χ3v) is 3.13. The molecule has 0 aliphatic rings. The average molecular weight is 290 g/mol. The Hall–Kier alpha value is -0.930. The van der Waals surface area contributed by atoms with Gasteiger partial charge >= 0.3 is 0 Å². The van der Waals surface area contributed by atoms with Crippen LogP contribution in [-0.2, 0) is 4.79 Å². The molecule has 1 aromatic carbocycles. The van der Waals surface area contributed by atoms with E-state index in [1.807, 2.05) is 0 Å². The number of carbonyl (C=O) groups is 1. The third-order valence-electron chi connectivity index (χ3n) is 2.56. The lowest BCUT2D eigenvalue weighted by atomic mass is 10.1. The van der Waals surface area contributed by atoms with E-state index < -0.39 is 0 Å². The minimum Gasteiger partial charge on any atom is -0.505 e. The van der Waals surface area contributed by atoms with Gasteiger partial charge in [-0.1, -0.05) is 49.4 Å². The Bertz CT molecular complexity index is 398. The van der Waals surface area contributed by atoms with Gasteiger partial charge in [0.25, 0.3) is 0 Å². The number of amides is 1. The van der Waals surface area contributed by atoms with Gasteiger partial charge in [-0.05, 0) is 18.6 Å². The number of benzene rings is 1. The first-order chi connectivity index (χ1) is 8.54. The molecular formula is C13H17Cl2NO2. The van der Waals surface area contributed by atoms with Crippen LogP contribution < -0.4 is 5.32 Å². The van der Waals surface area contributed by atoms with Crippen LogP contribution in [0.5, 0.6) is 5.75 Å². The van der Waals surface area contributed by atoms with Crippen LogP contribution in [0.25, 0.3) is 0 Å². The summed E-state index contributed by atoms with van der Waals surface area (Å²) in [5, 5.41) is 12.4. The van der Waals surface area contributed by atoms with Crippen molar-refractivity contribution in [2.75, 3.05) is 5.32 Å². The van der Waals surface area contributed by atoms with E-state index in [-0.39, 0.29) is 21.7 Å². The van der Waals surface area contributed by atoms with Gasteiger partial charge in [0.15, 0.2) is 5.75 Å². The first-order valence-electron chi connectivity index (χ1n) is 6.02. The number of hydrogen-bond acceptors (Lipinski definition) is 2. The molecule has 0 spiro atoms. The Kier molecular flexibility index (Phi) is 6.30. The molecule has 3 nitrogen and oxygen atoms in total. The molecule has 2 N–H and O–H groups in total. The van der Waals surface area contributed by atoms with Crippen molar-refractivity contribution in [2.45, 2.75) is 39.0 Å². The van der Waals surface area contributed by atoms with Gasteiger partial charge in [0.1, 0.15) is 0 Å². The van der Waals surface area contributed by atoms with Crippen LogP contribution in [0.3, 0.4) is 0 Å². The van der Waals surface area contributed by atoms with Crippen molar-refractivity contribution in [1.29, 1.82) is 0 Å². The van der Waals surface area contributed by atoms with Crippen molar-refractivity contribution in [2.24, 2.45) is 0 Å². The molecule has 0 unspecified atom stereocenters. The molecule has 0 fully saturated rings. The van der Waals surface area contributed by atoms with E-state index in [1.54, 1.807) is 0 Å². The summed E-state index contributed by atoms with van der Waals surface area (Å²) in [6, 6.07) is 2.96. The van der Waals surface area contributed by atoms with Crippen LogP contribution >= 0.6 is 23.2 Å². The molecule has 5 heteroatoms. The Morgan fingerprint density at radius 1 is 1.22 bits per heavy atom. The predicted molar refractivity (Wildman–Crippen MR) is 75.5 cm³/mol. The Labute approximate surface area is 117 Å². The summed E-state index contributed by atoms with van der Waals surface area (Å²) < 4.78 is 0. The van der Waals surface area contributed by atoms with Gasteiger partial charge in [0.05, 0.1) is 10.0 Å². The maximum absolute atomic E-state index is 11.6. The van der Waals surface area contributed by atoms with Crippen LogP contribution in [0.1, 0.15) is 39.0 Å². The lowest BCUT2D eigenvalue weighted by Crippen LogP contribution is -2.11. The van der Waals surface area contributed by atoms with Gasteiger partial charge in [0, 0.05) is 12.1 Å². The zero-order valence-electron chi connectivity index (χ0n) is 10.3. The minimum atomic E-state index is -0.167. The molecular weight excluding hydrogens is 273 g/mol. The van der Waals surface area contributed by atoms with Gasteiger partial charge < -0.3 is 10.4 Å². The van der Waals surface area contributed by atoms with Crippen molar-refractivity contribution in [1.82, 2.24) is 0 Å². The quantitative estimate of drug-likeness (QED) is 0.594. The first kappa shape index (κ1) is 15.1. The fourth-order valence-corrected chi connectivity index (χ4v) is 2.06. The van der Waals surface area contributed by atoms with Crippen LogP contribution in [0.2, 0.25) is 10.0 Å². The number of aromatic hydroxyl groups is 1.